The molecule has 0 amide bonds. The van der Waals surface area contributed by atoms with Gasteiger partial charge in [-0.2, -0.15) is 0 Å². The molecule has 3 heteroatoms. The molecule has 10 heavy (non-hydrogen) atoms. The van der Waals surface area contributed by atoms with Gasteiger partial charge in [0.1, 0.15) is 5.76 Å². The minimum atomic E-state index is 0.944. The lowest BCUT2D eigenvalue weighted by atomic mass is 10.2. The Labute approximate surface area is 65.7 Å². The summed E-state index contributed by atoms with van der Waals surface area (Å²) in [6.07, 6.45) is 1.99. The van der Waals surface area contributed by atoms with Gasteiger partial charge < -0.3 is 4.18 Å². The van der Waals surface area contributed by atoms with Crippen molar-refractivity contribution in [3.8, 4) is 0 Å². The van der Waals surface area contributed by atoms with Gasteiger partial charge in [-0.25, -0.2) is 0 Å². The summed E-state index contributed by atoms with van der Waals surface area (Å²) < 4.78 is 8.14. The molecule has 1 heterocycles. The number of rotatable bonds is 0. The van der Waals surface area contributed by atoms with Crippen molar-refractivity contribution in [2.45, 2.75) is 20.8 Å². The van der Waals surface area contributed by atoms with Crippen molar-refractivity contribution in [1.29, 1.82) is 0 Å². The third-order valence-electron chi connectivity index (χ3n) is 1.21. The maximum Gasteiger partial charge on any atom is 0.176 e. The molecule has 0 atom stereocenters. The highest BCUT2D eigenvalue weighted by Crippen LogP contribution is 2.18. The van der Waals surface area contributed by atoms with E-state index >= 15 is 0 Å². The van der Waals surface area contributed by atoms with E-state index in [1.165, 1.54) is 17.8 Å². The molecule has 1 rings (SSSR count). The Balaban J connectivity index is 2.82. The van der Waals surface area contributed by atoms with Crippen LogP contribution in [-0.4, -0.2) is 0 Å². The molecule has 0 aromatic carbocycles. The predicted molar refractivity (Wildman–Crippen MR) is 43.9 cm³/mol. The zero-order chi connectivity index (χ0) is 7.56. The van der Waals surface area contributed by atoms with Gasteiger partial charge in [-0.05, 0) is 20.8 Å². The van der Waals surface area contributed by atoms with Crippen molar-refractivity contribution < 1.29 is 4.18 Å². The van der Waals surface area contributed by atoms with Gasteiger partial charge in [0, 0.05) is 11.8 Å². The topological polar surface area (TPSA) is 21.3 Å². The van der Waals surface area contributed by atoms with Crippen LogP contribution in [0.1, 0.15) is 20.8 Å². The predicted octanol–water partition coefficient (Wildman–Crippen LogP) is 2.37. The van der Waals surface area contributed by atoms with Gasteiger partial charge in [0.2, 0.25) is 0 Å². The van der Waals surface area contributed by atoms with Gasteiger partial charge in [-0.15, -0.1) is 0 Å². The van der Waals surface area contributed by atoms with Crippen LogP contribution in [0.25, 0.3) is 0 Å². The number of nitrogens with one attached hydrogen (secondary N) is 1. The first-order valence-electron chi connectivity index (χ1n) is 3.15. The number of allylic oxidation sites excluding steroid dienone is 3. The Kier molecular flexibility index (Phi) is 2.27. The summed E-state index contributed by atoms with van der Waals surface area (Å²) in [6.45, 7) is 6.08. The van der Waals surface area contributed by atoms with E-state index in [0.29, 0.717) is 0 Å². The molecule has 0 radical (unpaired) electrons. The first kappa shape index (κ1) is 7.54. The summed E-state index contributed by atoms with van der Waals surface area (Å²) in [4.78, 5) is 0. The lowest BCUT2D eigenvalue weighted by molar-refractivity contribution is 0.489. The molecule has 2 nitrogen and oxygen atoms in total. The average Bonchev–Trinajstić information content (AvgIpc) is 1.88. The van der Waals surface area contributed by atoms with Crippen molar-refractivity contribution in [3.05, 3.63) is 23.1 Å². The molecule has 56 valence electrons. The maximum atomic E-state index is 5.09. The Bertz CT molecular complexity index is 192. The van der Waals surface area contributed by atoms with Crippen molar-refractivity contribution in [2.24, 2.45) is 0 Å². The fourth-order valence-electron chi connectivity index (χ4n) is 0.635. The minimum Gasteiger partial charge on any atom is -0.410 e. The fraction of sp³-hybridized carbons (Fsp3) is 0.429. The first-order chi connectivity index (χ1) is 4.70. The number of hydrogen-bond donors (Lipinski definition) is 1. The van der Waals surface area contributed by atoms with Crippen LogP contribution >= 0.6 is 12.2 Å². The monoisotopic (exact) mass is 157 g/mol. The summed E-state index contributed by atoms with van der Waals surface area (Å²) in [5.74, 6) is 0.944. The van der Waals surface area contributed by atoms with Gasteiger partial charge in [-0.1, -0.05) is 5.57 Å². The normalized spacial score (nSPS) is 17.1. The second-order valence-electron chi connectivity index (χ2n) is 2.44. The molecule has 0 aliphatic carbocycles. The highest BCUT2D eigenvalue weighted by Gasteiger charge is 2.04. The molecule has 0 saturated heterocycles. The van der Waals surface area contributed by atoms with E-state index in [1.54, 1.807) is 0 Å². The zero-order valence-corrected chi connectivity index (χ0v) is 7.21. The lowest BCUT2D eigenvalue weighted by Gasteiger charge is -2.14. The van der Waals surface area contributed by atoms with E-state index in [1.807, 2.05) is 13.0 Å². The first-order valence-corrected chi connectivity index (χ1v) is 3.89. The van der Waals surface area contributed by atoms with Crippen LogP contribution < -0.4 is 4.72 Å². The summed E-state index contributed by atoms with van der Waals surface area (Å²) in [5, 5.41) is 0. The molecule has 1 N–H and O–H groups in total. The molecule has 0 aromatic heterocycles. The summed E-state index contributed by atoms with van der Waals surface area (Å²) in [7, 11) is 0. The number of hydrogen-bond acceptors (Lipinski definition) is 3. The molecular weight excluding hydrogens is 146 g/mol. The second-order valence-corrected chi connectivity index (χ2v) is 2.97. The summed E-state index contributed by atoms with van der Waals surface area (Å²) in [5.41, 5.74) is 2.42. The summed E-state index contributed by atoms with van der Waals surface area (Å²) >= 11 is 1.26. The van der Waals surface area contributed by atoms with E-state index in [9.17, 15) is 0 Å². The van der Waals surface area contributed by atoms with Crippen LogP contribution in [0.4, 0.5) is 0 Å². The Morgan fingerprint density at radius 1 is 1.60 bits per heavy atom. The highest BCUT2D eigenvalue weighted by molar-refractivity contribution is 7.93. The third-order valence-corrected chi connectivity index (χ3v) is 1.86. The van der Waals surface area contributed by atoms with E-state index in [0.717, 1.165) is 11.5 Å². The molecule has 0 aromatic rings. The van der Waals surface area contributed by atoms with Crippen LogP contribution in [0, 0.1) is 0 Å². The van der Waals surface area contributed by atoms with Crippen molar-refractivity contribution in [3.63, 3.8) is 0 Å². The minimum absolute atomic E-state index is 0.944. The molecule has 0 spiro atoms. The van der Waals surface area contributed by atoms with Crippen LogP contribution in [0.2, 0.25) is 0 Å². The lowest BCUT2D eigenvalue weighted by Crippen LogP contribution is -2.08. The Hall–Kier alpha value is -0.570. The SMILES string of the molecule is CC1=CC(=C(C)C)NSO1. The van der Waals surface area contributed by atoms with E-state index in [4.69, 9.17) is 4.18 Å². The molecule has 1 aliphatic rings. The van der Waals surface area contributed by atoms with Gasteiger partial charge >= 0.3 is 0 Å². The molecule has 0 bridgehead atoms. The van der Waals surface area contributed by atoms with Crippen molar-refractivity contribution >= 4 is 12.2 Å². The standard InChI is InChI=1S/C7H11NOS/c1-5(2)7-4-6(3)9-10-8-7/h4,8H,1-3H3. The Morgan fingerprint density at radius 2 is 2.30 bits per heavy atom. The molecule has 0 saturated carbocycles. The van der Waals surface area contributed by atoms with Crippen LogP contribution in [0.3, 0.4) is 0 Å². The van der Waals surface area contributed by atoms with Crippen LogP contribution in [-0.2, 0) is 4.18 Å². The van der Waals surface area contributed by atoms with Gasteiger partial charge in [0.25, 0.3) is 0 Å². The highest BCUT2D eigenvalue weighted by atomic mass is 32.2. The van der Waals surface area contributed by atoms with Gasteiger partial charge in [-0.3, -0.25) is 4.72 Å². The van der Waals surface area contributed by atoms with E-state index in [-0.39, 0.29) is 0 Å². The van der Waals surface area contributed by atoms with Crippen molar-refractivity contribution in [2.75, 3.05) is 0 Å². The molecule has 0 unspecified atom stereocenters. The quantitative estimate of drug-likeness (QED) is 0.431. The second kappa shape index (κ2) is 3.01. The van der Waals surface area contributed by atoms with Gasteiger partial charge in [0.15, 0.2) is 12.2 Å². The molecular formula is C7H11NOS. The van der Waals surface area contributed by atoms with E-state index in [2.05, 4.69) is 18.6 Å². The Morgan fingerprint density at radius 3 is 2.70 bits per heavy atom. The van der Waals surface area contributed by atoms with E-state index < -0.39 is 0 Å². The molecule has 0 fully saturated rings. The maximum absolute atomic E-state index is 5.09. The van der Waals surface area contributed by atoms with Crippen molar-refractivity contribution in [1.82, 2.24) is 4.72 Å². The van der Waals surface area contributed by atoms with Crippen LogP contribution in [0.15, 0.2) is 23.1 Å². The average molecular weight is 157 g/mol. The third kappa shape index (κ3) is 1.70. The zero-order valence-electron chi connectivity index (χ0n) is 6.39. The van der Waals surface area contributed by atoms with Gasteiger partial charge in [0.05, 0.1) is 0 Å². The smallest absolute Gasteiger partial charge is 0.176 e. The van der Waals surface area contributed by atoms with Crippen LogP contribution in [0.5, 0.6) is 0 Å². The summed E-state index contributed by atoms with van der Waals surface area (Å²) in [6, 6.07) is 0. The largest absolute Gasteiger partial charge is 0.410 e. The fourth-order valence-corrected chi connectivity index (χ4v) is 1.21. The molecule has 1 aliphatic heterocycles.